The highest BCUT2D eigenvalue weighted by atomic mass is 16.6. The van der Waals surface area contributed by atoms with E-state index < -0.39 is 12.0 Å². The van der Waals surface area contributed by atoms with Gasteiger partial charge in [0, 0.05) is 18.8 Å². The Balaban J connectivity index is 2.11. The maximum absolute atomic E-state index is 12.2. The number of carbonyl (C=O) groups is 2. The number of imide groups is 1. The van der Waals surface area contributed by atoms with Crippen LogP contribution in [0.5, 0.6) is 0 Å². The van der Waals surface area contributed by atoms with Crippen molar-refractivity contribution < 1.29 is 14.3 Å². The summed E-state index contributed by atoms with van der Waals surface area (Å²) in [6, 6.07) is 8.01. The topological polar surface area (TPSA) is 49.9 Å². The zero-order chi connectivity index (χ0) is 18.9. The number of rotatable bonds is 10. The Morgan fingerprint density at radius 1 is 1.08 bits per heavy atom. The van der Waals surface area contributed by atoms with Crippen molar-refractivity contribution in [2.24, 2.45) is 0 Å². The first-order valence-electron chi connectivity index (χ1n) is 9.32. The predicted octanol–water partition coefficient (Wildman–Crippen LogP) is 4.60. The molecule has 1 saturated heterocycles. The van der Waals surface area contributed by atoms with Gasteiger partial charge < -0.3 is 9.64 Å². The van der Waals surface area contributed by atoms with Crippen molar-refractivity contribution in [2.45, 2.75) is 39.5 Å². The number of anilines is 1. The number of cyclic esters (lactones) is 1. The average molecular weight is 356 g/mol. The smallest absolute Gasteiger partial charge is 0.404 e. The van der Waals surface area contributed by atoms with Crippen molar-refractivity contribution in [3.63, 3.8) is 0 Å². The van der Waals surface area contributed by atoms with Crippen LogP contribution in [0.3, 0.4) is 0 Å². The summed E-state index contributed by atoms with van der Waals surface area (Å²) in [7, 11) is 0. The van der Waals surface area contributed by atoms with Crippen molar-refractivity contribution >= 4 is 23.8 Å². The maximum atomic E-state index is 12.2. The molecule has 140 valence electrons. The van der Waals surface area contributed by atoms with Crippen LogP contribution in [0.1, 0.15) is 45.1 Å². The number of benzene rings is 1. The Kier molecular flexibility index (Phi) is 7.45. The molecule has 0 saturated carbocycles. The number of hydrogen-bond acceptors (Lipinski definition) is 4. The van der Waals surface area contributed by atoms with Crippen LogP contribution >= 0.6 is 0 Å². The van der Waals surface area contributed by atoms with Gasteiger partial charge in [0.1, 0.15) is 0 Å². The molecular formula is C21H28N2O3. The minimum Gasteiger partial charge on any atom is -0.404 e. The third-order valence-electron chi connectivity index (χ3n) is 4.30. The zero-order valence-corrected chi connectivity index (χ0v) is 15.7. The van der Waals surface area contributed by atoms with Crippen LogP contribution in [0, 0.1) is 0 Å². The minimum absolute atomic E-state index is 0.0541. The molecule has 1 fully saturated rings. The van der Waals surface area contributed by atoms with E-state index in [0.717, 1.165) is 23.6 Å². The fourth-order valence-corrected chi connectivity index (χ4v) is 2.79. The van der Waals surface area contributed by atoms with Crippen LogP contribution in [0.25, 0.3) is 6.08 Å². The van der Waals surface area contributed by atoms with E-state index in [2.05, 4.69) is 37.5 Å². The van der Waals surface area contributed by atoms with Gasteiger partial charge in [-0.15, -0.1) is 6.58 Å². The minimum atomic E-state index is -0.650. The SMILES string of the molecule is C=CCN1C(=O)OC(=Cc2ccc(N(CCCC)CCCC)cc2)C1=O. The van der Waals surface area contributed by atoms with Gasteiger partial charge in [0.2, 0.25) is 0 Å². The van der Waals surface area contributed by atoms with Gasteiger partial charge in [-0.3, -0.25) is 4.79 Å². The Morgan fingerprint density at radius 2 is 1.69 bits per heavy atom. The highest BCUT2D eigenvalue weighted by Gasteiger charge is 2.35. The Hall–Kier alpha value is -2.56. The Bertz CT molecular complexity index is 656. The van der Waals surface area contributed by atoms with Crippen LogP contribution in [0.4, 0.5) is 10.5 Å². The first kappa shape index (κ1) is 19.8. The molecule has 0 radical (unpaired) electrons. The molecule has 1 aromatic carbocycles. The van der Waals surface area contributed by atoms with Gasteiger partial charge >= 0.3 is 6.09 Å². The number of ether oxygens (including phenoxy) is 1. The van der Waals surface area contributed by atoms with Crippen molar-refractivity contribution in [3.8, 4) is 0 Å². The molecule has 1 aromatic rings. The van der Waals surface area contributed by atoms with E-state index in [1.807, 2.05) is 12.1 Å². The summed E-state index contributed by atoms with van der Waals surface area (Å²) in [5, 5.41) is 0. The van der Waals surface area contributed by atoms with Crippen molar-refractivity contribution in [2.75, 3.05) is 24.5 Å². The van der Waals surface area contributed by atoms with Crippen LogP contribution in [0.2, 0.25) is 0 Å². The van der Waals surface area contributed by atoms with E-state index in [4.69, 9.17) is 4.74 Å². The molecule has 26 heavy (non-hydrogen) atoms. The fourth-order valence-electron chi connectivity index (χ4n) is 2.79. The second-order valence-corrected chi connectivity index (χ2v) is 6.37. The highest BCUT2D eigenvalue weighted by Crippen LogP contribution is 2.22. The summed E-state index contributed by atoms with van der Waals surface area (Å²) in [6.07, 6.45) is 7.12. The second-order valence-electron chi connectivity index (χ2n) is 6.37. The molecule has 1 aliphatic rings. The predicted molar refractivity (Wildman–Crippen MR) is 105 cm³/mol. The van der Waals surface area contributed by atoms with Gasteiger partial charge in [0.15, 0.2) is 5.76 Å². The molecule has 0 bridgehead atoms. The standard InChI is InChI=1S/C21H28N2O3/c1-4-7-14-22(15-8-5-2)18-11-9-17(10-12-18)16-19-20(24)23(13-6-3)21(25)26-19/h6,9-12,16H,3-5,7-8,13-15H2,1-2H3. The first-order valence-corrected chi connectivity index (χ1v) is 9.32. The first-order chi connectivity index (χ1) is 12.6. The lowest BCUT2D eigenvalue weighted by Crippen LogP contribution is -2.28. The lowest BCUT2D eigenvalue weighted by atomic mass is 10.1. The molecule has 0 N–H and O–H groups in total. The Labute approximate surface area is 155 Å². The number of nitrogens with zero attached hydrogens (tertiary/aromatic N) is 2. The molecule has 1 aliphatic heterocycles. The van der Waals surface area contributed by atoms with Gasteiger partial charge in [-0.1, -0.05) is 44.9 Å². The number of unbranched alkanes of at least 4 members (excludes halogenated alkanes) is 2. The quantitative estimate of drug-likeness (QED) is 0.454. The molecular weight excluding hydrogens is 328 g/mol. The van der Waals surface area contributed by atoms with Crippen LogP contribution < -0.4 is 4.90 Å². The van der Waals surface area contributed by atoms with Gasteiger partial charge in [0.05, 0.1) is 6.54 Å². The summed E-state index contributed by atoms with van der Waals surface area (Å²) in [5.41, 5.74) is 2.01. The van der Waals surface area contributed by atoms with E-state index in [-0.39, 0.29) is 12.3 Å². The van der Waals surface area contributed by atoms with Crippen molar-refractivity contribution in [3.05, 3.63) is 48.2 Å². The van der Waals surface area contributed by atoms with Gasteiger partial charge in [-0.2, -0.15) is 0 Å². The largest absolute Gasteiger partial charge is 0.422 e. The number of carbonyl (C=O) groups excluding carboxylic acids is 2. The third-order valence-corrected chi connectivity index (χ3v) is 4.30. The van der Waals surface area contributed by atoms with E-state index in [9.17, 15) is 9.59 Å². The second kappa shape index (κ2) is 9.80. The number of hydrogen-bond donors (Lipinski definition) is 0. The summed E-state index contributed by atoms with van der Waals surface area (Å²) < 4.78 is 5.07. The van der Waals surface area contributed by atoms with Crippen molar-refractivity contribution in [1.29, 1.82) is 0 Å². The monoisotopic (exact) mass is 356 g/mol. The van der Waals surface area contributed by atoms with E-state index in [0.29, 0.717) is 0 Å². The van der Waals surface area contributed by atoms with Gasteiger partial charge in [-0.25, -0.2) is 9.69 Å². The summed E-state index contributed by atoms with van der Waals surface area (Å²) >= 11 is 0. The highest BCUT2D eigenvalue weighted by molar-refractivity contribution is 6.10. The van der Waals surface area contributed by atoms with Crippen molar-refractivity contribution in [1.82, 2.24) is 4.90 Å². The molecule has 0 spiro atoms. The third kappa shape index (κ3) is 4.97. The zero-order valence-electron chi connectivity index (χ0n) is 15.7. The molecule has 1 heterocycles. The van der Waals surface area contributed by atoms with Gasteiger partial charge in [0.25, 0.3) is 5.91 Å². The number of amides is 2. The molecule has 2 rings (SSSR count). The maximum Gasteiger partial charge on any atom is 0.422 e. The summed E-state index contributed by atoms with van der Waals surface area (Å²) in [6.45, 7) is 10.2. The van der Waals surface area contributed by atoms with Crippen LogP contribution in [-0.2, 0) is 9.53 Å². The lowest BCUT2D eigenvalue weighted by Gasteiger charge is -2.24. The molecule has 5 heteroatoms. The molecule has 0 unspecified atom stereocenters. The molecule has 0 aromatic heterocycles. The molecule has 0 atom stereocenters. The van der Waals surface area contributed by atoms with Crippen LogP contribution in [0.15, 0.2) is 42.7 Å². The normalized spacial score (nSPS) is 15.5. The van der Waals surface area contributed by atoms with E-state index in [1.165, 1.54) is 37.4 Å². The van der Waals surface area contributed by atoms with E-state index in [1.54, 1.807) is 6.08 Å². The molecule has 5 nitrogen and oxygen atoms in total. The lowest BCUT2D eigenvalue weighted by molar-refractivity contribution is -0.122. The summed E-state index contributed by atoms with van der Waals surface area (Å²) in [5.74, 6) is -0.370. The average Bonchev–Trinajstić information content (AvgIpc) is 2.90. The molecule has 0 aliphatic carbocycles. The van der Waals surface area contributed by atoms with Crippen LogP contribution in [-0.4, -0.2) is 36.5 Å². The van der Waals surface area contributed by atoms with Gasteiger partial charge in [-0.05, 0) is 36.6 Å². The van der Waals surface area contributed by atoms with E-state index >= 15 is 0 Å². The fraction of sp³-hybridized carbons (Fsp3) is 0.429. The Morgan fingerprint density at radius 3 is 2.23 bits per heavy atom. The summed E-state index contributed by atoms with van der Waals surface area (Å²) in [4.78, 5) is 27.3. The molecule has 2 amide bonds.